The first-order valence-corrected chi connectivity index (χ1v) is 8.51. The fraction of sp³-hybridized carbons (Fsp3) is 0.333. The predicted octanol–water partition coefficient (Wildman–Crippen LogP) is 3.09. The quantitative estimate of drug-likeness (QED) is 0.767. The van der Waals surface area contributed by atoms with E-state index in [0.29, 0.717) is 4.90 Å². The second-order valence-corrected chi connectivity index (χ2v) is 8.73. The Labute approximate surface area is 92.2 Å². The van der Waals surface area contributed by atoms with Crippen molar-refractivity contribution in [3.63, 3.8) is 0 Å². The smallest absolute Gasteiger partial charge is 0.211 e. The molecule has 14 heavy (non-hydrogen) atoms. The van der Waals surface area contributed by atoms with Crippen LogP contribution in [0.1, 0.15) is 12.5 Å². The van der Waals surface area contributed by atoms with Crippen LogP contribution >= 0.6 is 20.6 Å². The Morgan fingerprint density at radius 3 is 2.29 bits per heavy atom. The van der Waals surface area contributed by atoms with Gasteiger partial charge in [0.1, 0.15) is 0 Å². The van der Waals surface area contributed by atoms with E-state index in [1.165, 1.54) is 10.8 Å². The molecule has 2 nitrogen and oxygen atoms in total. The molecule has 0 aliphatic rings. The van der Waals surface area contributed by atoms with Crippen LogP contribution in [0.25, 0.3) is 0 Å². The highest BCUT2D eigenvalue weighted by Gasteiger charge is 2.14. The van der Waals surface area contributed by atoms with Gasteiger partial charge in [-0.2, -0.15) is 0 Å². The molecular weight excluding hydrogens is 236 g/mol. The second kappa shape index (κ2) is 5.09. The number of hydrogen-bond donors (Lipinski definition) is 0. The van der Waals surface area contributed by atoms with Crippen LogP contribution in [0.2, 0.25) is 0 Å². The lowest BCUT2D eigenvalue weighted by Crippen LogP contribution is -1.93. The SMILES string of the molecule is CCSSS(=O)(=O)c1ccc(C)cc1. The summed E-state index contributed by atoms with van der Waals surface area (Å²) in [6.45, 7) is 3.87. The minimum atomic E-state index is -3.16. The summed E-state index contributed by atoms with van der Waals surface area (Å²) in [5.41, 5.74) is 1.07. The molecule has 0 aliphatic carbocycles. The molecule has 78 valence electrons. The molecule has 0 aromatic heterocycles. The Morgan fingerprint density at radius 2 is 1.79 bits per heavy atom. The molecule has 1 rings (SSSR count). The van der Waals surface area contributed by atoms with Crippen LogP contribution < -0.4 is 0 Å². The van der Waals surface area contributed by atoms with Crippen molar-refractivity contribution >= 4 is 29.5 Å². The van der Waals surface area contributed by atoms with Gasteiger partial charge in [0.05, 0.1) is 4.90 Å². The molecule has 0 radical (unpaired) electrons. The molecule has 0 bridgehead atoms. The van der Waals surface area contributed by atoms with Crippen LogP contribution in [0.15, 0.2) is 29.2 Å². The number of rotatable bonds is 4. The molecule has 0 atom stereocenters. The van der Waals surface area contributed by atoms with Gasteiger partial charge in [0.2, 0.25) is 8.87 Å². The maximum atomic E-state index is 11.6. The van der Waals surface area contributed by atoms with E-state index in [1.54, 1.807) is 12.1 Å². The van der Waals surface area contributed by atoms with Crippen molar-refractivity contribution in [3.8, 4) is 0 Å². The zero-order valence-electron chi connectivity index (χ0n) is 8.06. The van der Waals surface area contributed by atoms with E-state index in [2.05, 4.69) is 0 Å². The third-order valence-corrected chi connectivity index (χ3v) is 7.51. The summed E-state index contributed by atoms with van der Waals surface area (Å²) in [6, 6.07) is 6.91. The summed E-state index contributed by atoms with van der Waals surface area (Å²) in [5, 5.41) is 0. The van der Waals surface area contributed by atoms with Crippen molar-refractivity contribution in [2.24, 2.45) is 0 Å². The van der Waals surface area contributed by atoms with E-state index in [4.69, 9.17) is 0 Å². The highest BCUT2D eigenvalue weighted by atomic mass is 33.5. The Bertz CT molecular complexity index is 381. The lowest BCUT2D eigenvalue weighted by atomic mass is 10.2. The fourth-order valence-corrected chi connectivity index (χ4v) is 5.58. The van der Waals surface area contributed by atoms with Gasteiger partial charge in [0, 0.05) is 15.6 Å². The molecule has 0 saturated heterocycles. The Hall–Kier alpha value is -0.130. The third kappa shape index (κ3) is 3.22. The minimum Gasteiger partial charge on any atom is -0.211 e. The molecule has 0 unspecified atom stereocenters. The number of aryl methyl sites for hydroxylation is 1. The minimum absolute atomic E-state index is 0.383. The van der Waals surface area contributed by atoms with Gasteiger partial charge >= 0.3 is 0 Å². The summed E-state index contributed by atoms with van der Waals surface area (Å²) in [4.78, 5) is 0.383. The molecular formula is C9H12O2S3. The van der Waals surface area contributed by atoms with Crippen molar-refractivity contribution in [1.29, 1.82) is 0 Å². The van der Waals surface area contributed by atoms with Gasteiger partial charge in [-0.1, -0.05) is 35.4 Å². The normalized spacial score (nSPS) is 11.6. The van der Waals surface area contributed by atoms with Crippen LogP contribution in [-0.2, 0) is 8.87 Å². The van der Waals surface area contributed by atoms with Gasteiger partial charge in [-0.25, -0.2) is 8.42 Å². The van der Waals surface area contributed by atoms with Gasteiger partial charge in [0.15, 0.2) is 0 Å². The van der Waals surface area contributed by atoms with Gasteiger partial charge in [-0.15, -0.1) is 0 Å². The third-order valence-electron chi connectivity index (χ3n) is 1.57. The number of benzene rings is 1. The Kier molecular flexibility index (Phi) is 4.34. The molecule has 0 aliphatic heterocycles. The molecule has 0 saturated carbocycles. The van der Waals surface area contributed by atoms with Gasteiger partial charge in [-0.05, 0) is 19.1 Å². The summed E-state index contributed by atoms with van der Waals surface area (Å²) >= 11 is 0. The van der Waals surface area contributed by atoms with Gasteiger partial charge < -0.3 is 0 Å². The molecule has 1 aromatic carbocycles. The molecule has 0 fully saturated rings. The summed E-state index contributed by atoms with van der Waals surface area (Å²) < 4.78 is 23.3. The van der Waals surface area contributed by atoms with Crippen LogP contribution in [0.4, 0.5) is 0 Å². The predicted molar refractivity (Wildman–Crippen MR) is 64.1 cm³/mol. The maximum Gasteiger partial charge on any atom is 0.239 e. The lowest BCUT2D eigenvalue weighted by Gasteiger charge is -2.01. The molecule has 5 heteroatoms. The fourth-order valence-electron chi connectivity index (χ4n) is 0.856. The van der Waals surface area contributed by atoms with Crippen LogP contribution in [0.5, 0.6) is 0 Å². The van der Waals surface area contributed by atoms with E-state index >= 15 is 0 Å². The van der Waals surface area contributed by atoms with E-state index < -0.39 is 8.87 Å². The van der Waals surface area contributed by atoms with Crippen LogP contribution in [0, 0.1) is 6.92 Å². The topological polar surface area (TPSA) is 34.1 Å². The summed E-state index contributed by atoms with van der Waals surface area (Å²) in [7, 11) is -0.890. The molecule has 0 spiro atoms. The maximum absolute atomic E-state index is 11.6. The average molecular weight is 248 g/mol. The Morgan fingerprint density at radius 1 is 1.21 bits per heavy atom. The second-order valence-electron chi connectivity index (χ2n) is 2.74. The van der Waals surface area contributed by atoms with Gasteiger partial charge in [0.25, 0.3) is 0 Å². The van der Waals surface area contributed by atoms with Crippen LogP contribution in [0.3, 0.4) is 0 Å². The van der Waals surface area contributed by atoms with E-state index in [0.717, 1.165) is 21.1 Å². The highest BCUT2D eigenvalue weighted by molar-refractivity contribution is 9.06. The number of hydrogen-bond acceptors (Lipinski definition) is 4. The average Bonchev–Trinajstić information content (AvgIpc) is 2.16. The van der Waals surface area contributed by atoms with Crippen molar-refractivity contribution < 1.29 is 8.42 Å². The summed E-state index contributed by atoms with van der Waals surface area (Å²) in [5.74, 6) is 0.787. The van der Waals surface area contributed by atoms with Crippen molar-refractivity contribution in [2.75, 3.05) is 5.75 Å². The van der Waals surface area contributed by atoms with E-state index in [9.17, 15) is 8.42 Å². The molecule has 0 N–H and O–H groups in total. The van der Waals surface area contributed by atoms with Crippen LogP contribution in [-0.4, -0.2) is 14.2 Å². The van der Waals surface area contributed by atoms with Crippen molar-refractivity contribution in [1.82, 2.24) is 0 Å². The highest BCUT2D eigenvalue weighted by Crippen LogP contribution is 2.33. The largest absolute Gasteiger partial charge is 0.239 e. The molecule has 0 amide bonds. The monoisotopic (exact) mass is 248 g/mol. The standard InChI is InChI=1S/C9H12O2S3/c1-3-12-13-14(10,11)9-6-4-8(2)5-7-9/h4-7H,3H2,1-2H3. The zero-order chi connectivity index (χ0) is 10.6. The Balaban J connectivity index is 2.87. The van der Waals surface area contributed by atoms with E-state index in [1.807, 2.05) is 26.0 Å². The summed E-state index contributed by atoms with van der Waals surface area (Å²) in [6.07, 6.45) is 0. The van der Waals surface area contributed by atoms with Crippen molar-refractivity contribution in [2.45, 2.75) is 18.7 Å². The van der Waals surface area contributed by atoms with Gasteiger partial charge in [-0.3, -0.25) is 0 Å². The van der Waals surface area contributed by atoms with Crippen molar-refractivity contribution in [3.05, 3.63) is 29.8 Å². The van der Waals surface area contributed by atoms with E-state index in [-0.39, 0.29) is 0 Å². The zero-order valence-corrected chi connectivity index (χ0v) is 10.5. The first-order chi connectivity index (χ1) is 6.56. The first kappa shape index (κ1) is 11.9. The lowest BCUT2D eigenvalue weighted by molar-refractivity contribution is 0.611. The first-order valence-electron chi connectivity index (χ1n) is 4.19. The molecule has 1 aromatic rings. The molecule has 0 heterocycles.